The van der Waals surface area contributed by atoms with Crippen LogP contribution in [0.1, 0.15) is 17.1 Å². The molecule has 0 aromatic carbocycles. The van der Waals surface area contributed by atoms with Crippen LogP contribution in [0.25, 0.3) is 0 Å². The summed E-state index contributed by atoms with van der Waals surface area (Å²) < 4.78 is 1.85. The number of nitrogens with one attached hydrogen (secondary N) is 1. The van der Waals surface area contributed by atoms with Crippen LogP contribution in [0.4, 0.5) is 0 Å². The van der Waals surface area contributed by atoms with Gasteiger partial charge in [-0.2, -0.15) is 5.10 Å². The molecule has 0 aliphatic rings. The van der Waals surface area contributed by atoms with E-state index >= 15 is 0 Å². The molecule has 0 atom stereocenters. The molecular weight excluding hydrogens is 236 g/mol. The molecule has 0 spiro atoms. The Morgan fingerprint density at radius 2 is 2.12 bits per heavy atom. The van der Waals surface area contributed by atoms with E-state index in [1.165, 1.54) is 0 Å². The summed E-state index contributed by atoms with van der Waals surface area (Å²) in [5, 5.41) is 7.99. The Morgan fingerprint density at radius 1 is 1.35 bits per heavy atom. The third kappa shape index (κ3) is 2.84. The molecule has 0 saturated carbocycles. The minimum atomic E-state index is 0.649. The van der Waals surface area contributed by atoms with Crippen LogP contribution in [0.5, 0.6) is 0 Å². The van der Waals surface area contributed by atoms with Gasteiger partial charge in [0.05, 0.1) is 34.8 Å². The average molecular weight is 251 g/mol. The molecule has 0 saturated heterocycles. The first-order valence-corrected chi connectivity index (χ1v) is 5.86. The van der Waals surface area contributed by atoms with Crippen LogP contribution < -0.4 is 5.32 Å². The van der Waals surface area contributed by atoms with Crippen LogP contribution in [0.3, 0.4) is 0 Å². The van der Waals surface area contributed by atoms with Crippen molar-refractivity contribution in [1.29, 1.82) is 0 Å². The van der Waals surface area contributed by atoms with E-state index in [0.29, 0.717) is 11.6 Å². The van der Waals surface area contributed by atoms with E-state index in [1.807, 2.05) is 36.9 Å². The fourth-order valence-corrected chi connectivity index (χ4v) is 1.77. The highest BCUT2D eigenvalue weighted by Crippen LogP contribution is 2.14. The van der Waals surface area contributed by atoms with E-state index in [4.69, 9.17) is 11.6 Å². The summed E-state index contributed by atoms with van der Waals surface area (Å²) >= 11 is 5.96. The van der Waals surface area contributed by atoms with Gasteiger partial charge in [-0.25, -0.2) is 0 Å². The van der Waals surface area contributed by atoms with Gasteiger partial charge in [0.15, 0.2) is 0 Å². The number of pyridine rings is 1. The average Bonchev–Trinajstić information content (AvgIpc) is 2.62. The van der Waals surface area contributed by atoms with Crippen LogP contribution in [0.15, 0.2) is 24.4 Å². The highest BCUT2D eigenvalue weighted by molar-refractivity contribution is 6.31. The molecule has 90 valence electrons. The van der Waals surface area contributed by atoms with Crippen LogP contribution >= 0.6 is 11.6 Å². The molecule has 0 amide bonds. The lowest BCUT2D eigenvalue weighted by molar-refractivity contribution is 0.647. The predicted molar refractivity (Wildman–Crippen MR) is 68.1 cm³/mol. The van der Waals surface area contributed by atoms with E-state index in [2.05, 4.69) is 15.4 Å². The van der Waals surface area contributed by atoms with Crippen LogP contribution in [0.2, 0.25) is 5.02 Å². The summed E-state index contributed by atoms with van der Waals surface area (Å²) in [5.74, 6) is 0. The largest absolute Gasteiger partial charge is 0.314 e. The normalized spacial score (nSPS) is 10.8. The van der Waals surface area contributed by atoms with Gasteiger partial charge >= 0.3 is 0 Å². The van der Waals surface area contributed by atoms with Crippen LogP contribution in [0, 0.1) is 6.92 Å². The Labute approximate surface area is 106 Å². The predicted octanol–water partition coefficient (Wildman–Crippen LogP) is 2.01. The molecular formula is C12H15ClN4. The molecule has 2 rings (SSSR count). The van der Waals surface area contributed by atoms with Crippen LogP contribution in [-0.2, 0) is 13.1 Å². The van der Waals surface area contributed by atoms with Gasteiger partial charge in [0, 0.05) is 6.54 Å². The van der Waals surface area contributed by atoms with E-state index in [1.54, 1.807) is 6.20 Å². The standard InChI is InChI=1S/C12H15ClN4/c1-9-12(13)7-15-17(9)8-11-5-3-4-10(16-11)6-14-2/h3-5,7,14H,6,8H2,1-2H3. The molecule has 17 heavy (non-hydrogen) atoms. The molecule has 0 radical (unpaired) electrons. The molecule has 0 aliphatic carbocycles. The second kappa shape index (κ2) is 5.29. The third-order valence-corrected chi connectivity index (χ3v) is 2.95. The zero-order valence-electron chi connectivity index (χ0n) is 9.94. The van der Waals surface area contributed by atoms with Gasteiger partial charge in [0.2, 0.25) is 0 Å². The summed E-state index contributed by atoms with van der Waals surface area (Å²) in [6, 6.07) is 6.01. The van der Waals surface area contributed by atoms with Gasteiger partial charge in [0.1, 0.15) is 0 Å². The van der Waals surface area contributed by atoms with E-state index in [-0.39, 0.29) is 0 Å². The lowest BCUT2D eigenvalue weighted by atomic mass is 10.3. The van der Waals surface area contributed by atoms with Crippen molar-refractivity contribution in [2.75, 3.05) is 7.05 Å². The summed E-state index contributed by atoms with van der Waals surface area (Å²) in [4.78, 5) is 4.54. The molecule has 2 aromatic heterocycles. The van der Waals surface area contributed by atoms with E-state index in [9.17, 15) is 0 Å². The lowest BCUT2D eigenvalue weighted by Crippen LogP contribution is -2.10. The van der Waals surface area contributed by atoms with E-state index < -0.39 is 0 Å². The number of nitrogens with zero attached hydrogens (tertiary/aromatic N) is 3. The molecule has 0 bridgehead atoms. The highest BCUT2D eigenvalue weighted by atomic mass is 35.5. The Kier molecular flexibility index (Phi) is 3.76. The first kappa shape index (κ1) is 12.1. The van der Waals surface area contributed by atoms with Gasteiger partial charge in [0.25, 0.3) is 0 Å². The molecule has 0 aliphatic heterocycles. The molecule has 1 N–H and O–H groups in total. The number of hydrogen-bond acceptors (Lipinski definition) is 3. The molecule has 2 aromatic rings. The highest BCUT2D eigenvalue weighted by Gasteiger charge is 2.05. The first-order valence-electron chi connectivity index (χ1n) is 5.48. The molecule has 0 unspecified atom stereocenters. The Morgan fingerprint density at radius 3 is 2.76 bits per heavy atom. The quantitative estimate of drug-likeness (QED) is 0.903. The molecule has 5 heteroatoms. The Balaban J connectivity index is 2.18. The van der Waals surface area contributed by atoms with Crippen molar-refractivity contribution in [3.63, 3.8) is 0 Å². The molecule has 4 nitrogen and oxygen atoms in total. The van der Waals surface area contributed by atoms with Crippen molar-refractivity contribution < 1.29 is 0 Å². The van der Waals surface area contributed by atoms with Crippen molar-refractivity contribution in [2.24, 2.45) is 0 Å². The maximum atomic E-state index is 5.96. The second-order valence-electron chi connectivity index (χ2n) is 3.89. The maximum absolute atomic E-state index is 5.96. The van der Waals surface area contributed by atoms with Gasteiger partial charge in [-0.05, 0) is 26.1 Å². The first-order chi connectivity index (χ1) is 8.20. The Hall–Kier alpha value is -1.39. The number of hydrogen-bond donors (Lipinski definition) is 1. The lowest BCUT2D eigenvalue weighted by Gasteiger charge is -2.06. The zero-order chi connectivity index (χ0) is 12.3. The van der Waals surface area contributed by atoms with Crippen molar-refractivity contribution in [3.8, 4) is 0 Å². The molecule has 0 fully saturated rings. The van der Waals surface area contributed by atoms with Crippen molar-refractivity contribution in [2.45, 2.75) is 20.0 Å². The van der Waals surface area contributed by atoms with Gasteiger partial charge < -0.3 is 5.32 Å². The zero-order valence-corrected chi connectivity index (χ0v) is 10.7. The van der Waals surface area contributed by atoms with E-state index in [0.717, 1.165) is 23.6 Å². The summed E-state index contributed by atoms with van der Waals surface area (Å²) in [7, 11) is 1.91. The topological polar surface area (TPSA) is 42.7 Å². The number of halogens is 1. The van der Waals surface area contributed by atoms with Crippen LogP contribution in [-0.4, -0.2) is 21.8 Å². The van der Waals surface area contributed by atoms with Crippen molar-refractivity contribution in [1.82, 2.24) is 20.1 Å². The van der Waals surface area contributed by atoms with Crippen molar-refractivity contribution in [3.05, 3.63) is 46.5 Å². The summed E-state index contributed by atoms with van der Waals surface area (Å²) in [6.07, 6.45) is 1.66. The maximum Gasteiger partial charge on any atom is 0.0835 e. The number of aromatic nitrogens is 3. The second-order valence-corrected chi connectivity index (χ2v) is 4.29. The van der Waals surface area contributed by atoms with Gasteiger partial charge in [-0.15, -0.1) is 0 Å². The monoisotopic (exact) mass is 250 g/mol. The SMILES string of the molecule is CNCc1cccc(Cn2ncc(Cl)c2C)n1. The third-order valence-electron chi connectivity index (χ3n) is 2.58. The summed E-state index contributed by atoms with van der Waals surface area (Å²) in [5.41, 5.74) is 2.98. The van der Waals surface area contributed by atoms with Gasteiger partial charge in [-0.1, -0.05) is 17.7 Å². The fraction of sp³-hybridized carbons (Fsp3) is 0.333. The number of rotatable bonds is 4. The molecule has 2 heterocycles. The summed E-state index contributed by atoms with van der Waals surface area (Å²) in [6.45, 7) is 3.37. The minimum Gasteiger partial charge on any atom is -0.314 e. The Bertz CT molecular complexity index is 507. The fourth-order valence-electron chi connectivity index (χ4n) is 1.63. The minimum absolute atomic E-state index is 0.649. The van der Waals surface area contributed by atoms with Gasteiger partial charge in [-0.3, -0.25) is 9.67 Å². The smallest absolute Gasteiger partial charge is 0.0835 e. The van der Waals surface area contributed by atoms with Crippen molar-refractivity contribution >= 4 is 11.6 Å².